The molecule has 0 N–H and O–H groups in total. The largest absolute Gasteiger partial charge is 0.466 e. The highest BCUT2D eigenvalue weighted by Gasteiger charge is 2.40. The lowest BCUT2D eigenvalue weighted by Crippen LogP contribution is -2.22. The zero-order chi connectivity index (χ0) is 23.4. The van der Waals surface area contributed by atoms with Crippen molar-refractivity contribution in [3.63, 3.8) is 0 Å². The molecular formula is C28H29N3O2S. The van der Waals surface area contributed by atoms with E-state index in [2.05, 4.69) is 60.9 Å². The third-order valence-corrected chi connectivity index (χ3v) is 8.27. The van der Waals surface area contributed by atoms with Crippen molar-refractivity contribution < 1.29 is 9.53 Å². The van der Waals surface area contributed by atoms with Gasteiger partial charge in [0.1, 0.15) is 11.3 Å². The summed E-state index contributed by atoms with van der Waals surface area (Å²) in [6.45, 7) is 7.24. The monoisotopic (exact) mass is 471 g/mol. The van der Waals surface area contributed by atoms with Crippen LogP contribution in [0.5, 0.6) is 0 Å². The first-order valence-corrected chi connectivity index (χ1v) is 13.0. The van der Waals surface area contributed by atoms with Gasteiger partial charge in [-0.05, 0) is 74.9 Å². The zero-order valence-corrected chi connectivity index (χ0v) is 20.7. The second-order valence-electron chi connectivity index (χ2n) is 9.63. The van der Waals surface area contributed by atoms with Gasteiger partial charge >= 0.3 is 5.97 Å². The number of nitrogens with zero attached hydrogens (tertiary/aromatic N) is 3. The van der Waals surface area contributed by atoms with Crippen molar-refractivity contribution in [3.05, 3.63) is 80.4 Å². The molecule has 34 heavy (non-hydrogen) atoms. The molecule has 5 nitrogen and oxygen atoms in total. The van der Waals surface area contributed by atoms with Crippen LogP contribution in [0.15, 0.2) is 42.5 Å². The molecule has 0 spiro atoms. The average Bonchev–Trinajstić information content (AvgIpc) is 3.27. The van der Waals surface area contributed by atoms with Crippen LogP contribution in [0.3, 0.4) is 0 Å². The van der Waals surface area contributed by atoms with E-state index in [-0.39, 0.29) is 17.8 Å². The van der Waals surface area contributed by atoms with Crippen molar-refractivity contribution in [1.29, 1.82) is 0 Å². The summed E-state index contributed by atoms with van der Waals surface area (Å²) >= 11 is 1.80. The quantitative estimate of drug-likeness (QED) is 0.328. The fourth-order valence-corrected chi connectivity index (χ4v) is 6.63. The highest BCUT2D eigenvalue weighted by atomic mass is 32.1. The number of aryl methyl sites for hydroxylation is 2. The van der Waals surface area contributed by atoms with E-state index in [9.17, 15) is 4.79 Å². The molecule has 1 fully saturated rings. The Morgan fingerprint density at radius 2 is 1.97 bits per heavy atom. The Kier molecular flexibility index (Phi) is 5.29. The first kappa shape index (κ1) is 21.5. The maximum atomic E-state index is 12.9. The lowest BCUT2D eigenvalue weighted by atomic mass is 9.91. The van der Waals surface area contributed by atoms with Crippen LogP contribution in [0.1, 0.15) is 69.6 Å². The topological polar surface area (TPSA) is 57.0 Å². The van der Waals surface area contributed by atoms with Gasteiger partial charge in [-0.25, -0.2) is 9.97 Å². The number of aromatic nitrogens is 3. The van der Waals surface area contributed by atoms with E-state index in [4.69, 9.17) is 14.7 Å². The molecule has 174 valence electrons. The molecule has 3 heterocycles. The Bertz CT molecular complexity index is 1400. The van der Waals surface area contributed by atoms with Crippen molar-refractivity contribution in [1.82, 2.24) is 14.5 Å². The predicted molar refractivity (Wildman–Crippen MR) is 135 cm³/mol. The molecule has 6 heteroatoms. The van der Waals surface area contributed by atoms with Crippen molar-refractivity contribution in [2.75, 3.05) is 6.61 Å². The molecule has 2 atom stereocenters. The molecule has 0 bridgehead atoms. The third-order valence-electron chi connectivity index (χ3n) is 7.12. The van der Waals surface area contributed by atoms with Crippen LogP contribution in [0.4, 0.5) is 0 Å². The molecule has 4 aromatic rings. The van der Waals surface area contributed by atoms with Gasteiger partial charge in [-0.3, -0.25) is 4.79 Å². The van der Waals surface area contributed by atoms with E-state index < -0.39 is 0 Å². The lowest BCUT2D eigenvalue weighted by Gasteiger charge is -2.18. The summed E-state index contributed by atoms with van der Waals surface area (Å²) in [7, 11) is 0. The number of rotatable bonds is 6. The number of thiophene rings is 1. The Balaban J connectivity index is 1.37. The van der Waals surface area contributed by atoms with E-state index in [1.54, 1.807) is 11.3 Å². The number of benzene rings is 1. The summed E-state index contributed by atoms with van der Waals surface area (Å²) in [5.74, 6) is 1.52. The van der Waals surface area contributed by atoms with Crippen LogP contribution in [0.25, 0.3) is 11.2 Å². The first-order chi connectivity index (χ1) is 16.5. The molecule has 0 radical (unpaired) electrons. The molecule has 0 amide bonds. The molecule has 1 saturated carbocycles. The second-order valence-corrected chi connectivity index (χ2v) is 10.8. The predicted octanol–water partition coefficient (Wildman–Crippen LogP) is 5.90. The summed E-state index contributed by atoms with van der Waals surface area (Å²) in [4.78, 5) is 25.3. The number of fused-ring (bicyclic) bond motifs is 2. The van der Waals surface area contributed by atoms with Gasteiger partial charge in [0, 0.05) is 27.3 Å². The lowest BCUT2D eigenvalue weighted by molar-refractivity contribution is -0.148. The molecular weight excluding hydrogens is 442 g/mol. The Morgan fingerprint density at radius 1 is 1.15 bits per heavy atom. The van der Waals surface area contributed by atoms with Crippen molar-refractivity contribution >= 4 is 28.5 Å². The van der Waals surface area contributed by atoms with E-state index >= 15 is 0 Å². The summed E-state index contributed by atoms with van der Waals surface area (Å²) in [6.07, 6.45) is 3.15. The standard InChI is InChI=1S/C28H29N3O2S/c1-4-33-28(32)22-14-19-7-5-6-8-21(19)24(22)23-12-11-20(34-23)15-31-26(18-9-10-18)30-25-16(2)13-17(3)29-27(25)31/h5-8,11-13,18,22,24H,4,9-10,14-15H2,1-3H3. The molecule has 2 unspecified atom stereocenters. The SMILES string of the molecule is CCOC(=O)C1Cc2ccccc2C1c1ccc(Cn2c(C3CC3)nc3c(C)cc(C)nc32)s1. The smallest absolute Gasteiger partial charge is 0.310 e. The van der Waals surface area contributed by atoms with Crippen LogP contribution < -0.4 is 0 Å². The van der Waals surface area contributed by atoms with E-state index in [0.717, 1.165) is 29.8 Å². The van der Waals surface area contributed by atoms with Crippen LogP contribution in [-0.2, 0) is 22.5 Å². The van der Waals surface area contributed by atoms with Gasteiger partial charge in [-0.15, -0.1) is 11.3 Å². The fraction of sp³-hybridized carbons (Fsp3) is 0.393. The third kappa shape index (κ3) is 3.65. The maximum Gasteiger partial charge on any atom is 0.310 e. The molecule has 6 rings (SSSR count). The van der Waals surface area contributed by atoms with Crippen LogP contribution in [0.2, 0.25) is 0 Å². The second kappa shape index (κ2) is 8.35. The van der Waals surface area contributed by atoms with Gasteiger partial charge in [-0.1, -0.05) is 24.3 Å². The highest BCUT2D eigenvalue weighted by molar-refractivity contribution is 7.12. The number of imidazole rings is 1. The minimum atomic E-state index is -0.160. The summed E-state index contributed by atoms with van der Waals surface area (Å²) < 4.78 is 7.79. The summed E-state index contributed by atoms with van der Waals surface area (Å²) in [5.41, 5.74) is 6.75. The van der Waals surface area contributed by atoms with Gasteiger partial charge in [0.05, 0.1) is 19.1 Å². The number of pyridine rings is 1. The molecule has 0 aliphatic heterocycles. The number of esters is 1. The summed E-state index contributed by atoms with van der Waals surface area (Å²) in [5, 5.41) is 0. The van der Waals surface area contributed by atoms with E-state index in [0.29, 0.717) is 12.5 Å². The Morgan fingerprint density at radius 3 is 2.76 bits per heavy atom. The van der Waals surface area contributed by atoms with Gasteiger partial charge in [0.15, 0.2) is 5.65 Å². The van der Waals surface area contributed by atoms with Crippen LogP contribution in [0, 0.1) is 19.8 Å². The van der Waals surface area contributed by atoms with E-state index in [1.165, 1.54) is 45.1 Å². The number of carbonyl (C=O) groups excluding carboxylic acids is 1. The maximum absolute atomic E-state index is 12.9. The minimum Gasteiger partial charge on any atom is -0.466 e. The van der Waals surface area contributed by atoms with E-state index in [1.807, 2.05) is 6.92 Å². The zero-order valence-electron chi connectivity index (χ0n) is 19.9. The van der Waals surface area contributed by atoms with Gasteiger partial charge in [0.25, 0.3) is 0 Å². The molecule has 1 aromatic carbocycles. The number of ether oxygens (including phenoxy) is 1. The van der Waals surface area contributed by atoms with Crippen molar-refractivity contribution in [3.8, 4) is 0 Å². The first-order valence-electron chi connectivity index (χ1n) is 12.2. The van der Waals surface area contributed by atoms with Crippen molar-refractivity contribution in [2.45, 2.75) is 58.4 Å². The van der Waals surface area contributed by atoms with Crippen LogP contribution >= 0.6 is 11.3 Å². The number of carbonyl (C=O) groups is 1. The highest BCUT2D eigenvalue weighted by Crippen LogP contribution is 2.46. The molecule has 0 saturated heterocycles. The van der Waals surface area contributed by atoms with Gasteiger partial charge in [0.2, 0.25) is 0 Å². The molecule has 2 aliphatic carbocycles. The normalized spacial score (nSPS) is 19.5. The van der Waals surface area contributed by atoms with Crippen molar-refractivity contribution in [2.24, 2.45) is 5.92 Å². The van der Waals surface area contributed by atoms with Crippen LogP contribution in [-0.4, -0.2) is 27.1 Å². The minimum absolute atomic E-state index is 0.0547. The van der Waals surface area contributed by atoms with Gasteiger partial charge < -0.3 is 9.30 Å². The molecule has 3 aromatic heterocycles. The fourth-order valence-electron chi connectivity index (χ4n) is 5.45. The van der Waals surface area contributed by atoms with Gasteiger partial charge in [-0.2, -0.15) is 0 Å². The number of hydrogen-bond donors (Lipinski definition) is 0. The molecule has 2 aliphatic rings. The average molecular weight is 472 g/mol. The summed E-state index contributed by atoms with van der Waals surface area (Å²) in [6, 6.07) is 15.0. The Hall–Kier alpha value is -2.99. The Labute approximate surface area is 203 Å². The number of hydrogen-bond acceptors (Lipinski definition) is 5.